The predicted octanol–water partition coefficient (Wildman–Crippen LogP) is 2.72. The van der Waals surface area contributed by atoms with E-state index in [9.17, 15) is 4.79 Å². The van der Waals surface area contributed by atoms with Crippen molar-refractivity contribution >= 4 is 22.9 Å². The number of aromatic nitrogens is 4. The number of likely N-dealkylation sites (tertiary alicyclic amines) is 1. The molecule has 1 fully saturated rings. The third-order valence-corrected chi connectivity index (χ3v) is 5.46. The van der Waals surface area contributed by atoms with Crippen LogP contribution in [0.2, 0.25) is 0 Å². The summed E-state index contributed by atoms with van der Waals surface area (Å²) in [4.78, 5) is 16.4. The maximum Gasteiger partial charge on any atom is 0.241 e. The van der Waals surface area contributed by atoms with E-state index in [0.29, 0.717) is 0 Å². The second-order valence-corrected chi connectivity index (χ2v) is 7.38. The topological polar surface area (TPSA) is 75.9 Å². The third-order valence-electron chi connectivity index (χ3n) is 4.60. The summed E-state index contributed by atoms with van der Waals surface area (Å²) in [6.45, 7) is 1.81. The summed E-state index contributed by atoms with van der Waals surface area (Å²) in [7, 11) is 0. The van der Waals surface area contributed by atoms with Gasteiger partial charge < -0.3 is 5.32 Å². The average Bonchev–Trinajstić information content (AvgIpc) is 3.37. The van der Waals surface area contributed by atoms with Gasteiger partial charge in [-0.3, -0.25) is 9.69 Å². The first-order chi connectivity index (χ1) is 12.8. The molecular formula is C18H20N6OS. The van der Waals surface area contributed by atoms with Crippen molar-refractivity contribution in [2.24, 2.45) is 0 Å². The highest BCUT2D eigenvalue weighted by molar-refractivity contribution is 7.09. The van der Waals surface area contributed by atoms with Crippen LogP contribution in [0.3, 0.4) is 0 Å². The number of amides is 1. The molecule has 2 aromatic heterocycles. The van der Waals surface area contributed by atoms with E-state index in [4.69, 9.17) is 0 Å². The van der Waals surface area contributed by atoms with Gasteiger partial charge in [0.1, 0.15) is 6.33 Å². The number of tetrazole rings is 1. The van der Waals surface area contributed by atoms with Crippen molar-refractivity contribution in [3.05, 3.63) is 53.0 Å². The lowest BCUT2D eigenvalue weighted by Crippen LogP contribution is -2.46. The van der Waals surface area contributed by atoms with Gasteiger partial charge in [0, 0.05) is 17.1 Å². The van der Waals surface area contributed by atoms with Crippen LogP contribution in [0.15, 0.2) is 48.1 Å². The summed E-state index contributed by atoms with van der Waals surface area (Å²) in [5.74, 6) is 0.0661. The van der Waals surface area contributed by atoms with Crippen LogP contribution in [-0.2, 0) is 11.3 Å². The molecule has 4 rings (SSSR count). The first-order valence-electron chi connectivity index (χ1n) is 8.70. The van der Waals surface area contributed by atoms with Gasteiger partial charge in [0.15, 0.2) is 0 Å². The molecule has 7 nitrogen and oxygen atoms in total. The van der Waals surface area contributed by atoms with Gasteiger partial charge in [-0.25, -0.2) is 4.68 Å². The van der Waals surface area contributed by atoms with Gasteiger partial charge in [-0.05, 0) is 65.5 Å². The molecule has 1 aliphatic heterocycles. The lowest BCUT2D eigenvalue weighted by Gasteiger charge is -2.34. The Morgan fingerprint density at radius 1 is 1.23 bits per heavy atom. The van der Waals surface area contributed by atoms with Crippen LogP contribution >= 0.6 is 11.3 Å². The maximum absolute atomic E-state index is 12.8. The van der Waals surface area contributed by atoms with Crippen molar-refractivity contribution in [1.29, 1.82) is 0 Å². The van der Waals surface area contributed by atoms with Crippen LogP contribution < -0.4 is 5.32 Å². The number of carbonyl (C=O) groups excluding carboxylic acids is 1. The van der Waals surface area contributed by atoms with Gasteiger partial charge in [-0.15, -0.1) is 16.4 Å². The molecule has 3 heterocycles. The number of nitrogens with one attached hydrogen (secondary N) is 1. The molecule has 0 radical (unpaired) electrons. The number of hydrogen-bond acceptors (Lipinski definition) is 6. The maximum atomic E-state index is 12.8. The minimum Gasteiger partial charge on any atom is -0.325 e. The van der Waals surface area contributed by atoms with E-state index in [0.717, 1.165) is 43.7 Å². The van der Waals surface area contributed by atoms with Crippen molar-refractivity contribution in [2.45, 2.75) is 31.8 Å². The standard InChI is InChI=1S/C18H20N6OS/c25-18(17-5-1-2-10-23(17)12-16-4-3-11-26-16)20-14-6-8-15(9-7-14)24-13-19-21-22-24/h3-4,6-9,11,13,17H,1-2,5,10,12H2,(H,20,25)/t17-/m0/s1. The van der Waals surface area contributed by atoms with Gasteiger partial charge in [-0.2, -0.15) is 0 Å². The van der Waals surface area contributed by atoms with Crippen LogP contribution in [0, 0.1) is 0 Å². The SMILES string of the molecule is O=C(Nc1ccc(-n2cnnn2)cc1)[C@@H]1CCCCN1Cc1cccs1. The number of anilines is 1. The molecule has 0 bridgehead atoms. The molecule has 0 aliphatic carbocycles. The average molecular weight is 368 g/mol. The molecule has 1 atom stereocenters. The predicted molar refractivity (Wildman–Crippen MR) is 100 cm³/mol. The zero-order valence-corrected chi connectivity index (χ0v) is 15.1. The first kappa shape index (κ1) is 16.9. The molecule has 8 heteroatoms. The van der Waals surface area contributed by atoms with Crippen molar-refractivity contribution in [3.8, 4) is 5.69 Å². The van der Waals surface area contributed by atoms with Crippen molar-refractivity contribution < 1.29 is 4.79 Å². The lowest BCUT2D eigenvalue weighted by atomic mass is 10.0. The van der Waals surface area contributed by atoms with Crippen molar-refractivity contribution in [1.82, 2.24) is 25.1 Å². The fraction of sp³-hybridized carbons (Fsp3) is 0.333. The van der Waals surface area contributed by atoms with E-state index in [2.05, 4.69) is 43.3 Å². The number of piperidine rings is 1. The Morgan fingerprint density at radius 3 is 2.85 bits per heavy atom. The van der Waals surface area contributed by atoms with E-state index < -0.39 is 0 Å². The highest BCUT2D eigenvalue weighted by Gasteiger charge is 2.28. The number of rotatable bonds is 5. The number of thiophene rings is 1. The highest BCUT2D eigenvalue weighted by Crippen LogP contribution is 2.23. The first-order valence-corrected chi connectivity index (χ1v) is 9.58. The molecule has 1 aliphatic rings. The minimum atomic E-state index is -0.0787. The van der Waals surface area contributed by atoms with Crippen molar-refractivity contribution in [2.75, 3.05) is 11.9 Å². The normalized spacial score (nSPS) is 17.9. The Balaban J connectivity index is 1.42. The Bertz CT molecular complexity index is 831. The van der Waals surface area contributed by atoms with Gasteiger partial charge in [0.2, 0.25) is 5.91 Å². The molecular weight excluding hydrogens is 348 g/mol. The van der Waals surface area contributed by atoms with Crippen molar-refractivity contribution in [3.63, 3.8) is 0 Å². The fourth-order valence-electron chi connectivity index (χ4n) is 3.28. The molecule has 3 aromatic rings. The highest BCUT2D eigenvalue weighted by atomic mass is 32.1. The van der Waals surface area contributed by atoms with Gasteiger partial charge in [0.25, 0.3) is 0 Å². The van der Waals surface area contributed by atoms with E-state index in [1.165, 1.54) is 11.2 Å². The van der Waals surface area contributed by atoms with Gasteiger partial charge in [0.05, 0.1) is 11.7 Å². The molecule has 0 spiro atoms. The number of carbonyl (C=O) groups is 1. The summed E-state index contributed by atoms with van der Waals surface area (Å²) in [5.41, 5.74) is 1.64. The molecule has 1 N–H and O–H groups in total. The molecule has 1 aromatic carbocycles. The van der Waals surface area contributed by atoms with Crippen LogP contribution in [0.4, 0.5) is 5.69 Å². The molecule has 26 heavy (non-hydrogen) atoms. The second kappa shape index (κ2) is 7.76. The third kappa shape index (κ3) is 3.81. The molecule has 134 valence electrons. The van der Waals surface area contributed by atoms with Crippen LogP contribution in [0.25, 0.3) is 5.69 Å². The Kier molecular flexibility index (Phi) is 5.03. The summed E-state index contributed by atoms with van der Waals surface area (Å²) in [6.07, 6.45) is 4.69. The largest absolute Gasteiger partial charge is 0.325 e. The summed E-state index contributed by atoms with van der Waals surface area (Å²) >= 11 is 1.74. The van der Waals surface area contributed by atoms with E-state index in [-0.39, 0.29) is 11.9 Å². The van der Waals surface area contributed by atoms with Crippen LogP contribution in [0.5, 0.6) is 0 Å². The fourth-order valence-corrected chi connectivity index (χ4v) is 4.01. The summed E-state index contributed by atoms with van der Waals surface area (Å²) < 4.78 is 1.58. The Hall–Kier alpha value is -2.58. The molecule has 0 unspecified atom stereocenters. The van der Waals surface area contributed by atoms with E-state index in [1.807, 2.05) is 24.3 Å². The monoisotopic (exact) mass is 368 g/mol. The smallest absolute Gasteiger partial charge is 0.241 e. The summed E-state index contributed by atoms with van der Waals surface area (Å²) in [6, 6.07) is 11.6. The molecule has 0 saturated carbocycles. The van der Waals surface area contributed by atoms with E-state index >= 15 is 0 Å². The number of benzene rings is 1. The van der Waals surface area contributed by atoms with E-state index in [1.54, 1.807) is 16.0 Å². The van der Waals surface area contributed by atoms with Crippen LogP contribution in [0.1, 0.15) is 24.1 Å². The van der Waals surface area contributed by atoms with Gasteiger partial charge in [-0.1, -0.05) is 12.5 Å². The quantitative estimate of drug-likeness (QED) is 0.749. The summed E-state index contributed by atoms with van der Waals surface area (Å²) in [5, 5.41) is 16.3. The van der Waals surface area contributed by atoms with Gasteiger partial charge >= 0.3 is 0 Å². The number of hydrogen-bond donors (Lipinski definition) is 1. The Labute approximate surface area is 155 Å². The lowest BCUT2D eigenvalue weighted by molar-refractivity contribution is -0.122. The van der Waals surface area contributed by atoms with Crippen LogP contribution in [-0.4, -0.2) is 43.6 Å². The minimum absolute atomic E-state index is 0.0661. The molecule has 1 amide bonds. The molecule has 1 saturated heterocycles. The number of nitrogens with zero attached hydrogens (tertiary/aromatic N) is 5. The zero-order valence-electron chi connectivity index (χ0n) is 14.3. The Morgan fingerprint density at radius 2 is 2.12 bits per heavy atom. The second-order valence-electron chi connectivity index (χ2n) is 6.35. The zero-order chi connectivity index (χ0) is 17.8.